The average molecular weight is 346 g/mol. The monoisotopic (exact) mass is 346 g/mol. The zero-order valence-corrected chi connectivity index (χ0v) is 15.4. The first-order chi connectivity index (χ1) is 12.8. The Morgan fingerprint density at radius 3 is 2.58 bits per heavy atom. The number of anilines is 1. The van der Waals surface area contributed by atoms with Crippen LogP contribution in [-0.2, 0) is 0 Å². The predicted molar refractivity (Wildman–Crippen MR) is 108 cm³/mol. The Balaban J connectivity index is 1.88. The number of hydrogen-bond acceptors (Lipinski definition) is 2. The second-order valence-corrected chi connectivity index (χ2v) is 6.65. The normalized spacial score (nSPS) is 13.2. The maximum Gasteiger partial charge on any atom is 0.251 e. The molecule has 134 valence electrons. The van der Waals surface area contributed by atoms with E-state index >= 15 is 0 Å². The fourth-order valence-corrected chi connectivity index (χ4v) is 3.15. The van der Waals surface area contributed by atoms with Gasteiger partial charge in [-0.1, -0.05) is 43.4 Å². The summed E-state index contributed by atoms with van der Waals surface area (Å²) in [6.45, 7) is 4.95. The summed E-state index contributed by atoms with van der Waals surface area (Å²) in [5, 5.41) is 2.99. The summed E-state index contributed by atoms with van der Waals surface area (Å²) in [6.07, 6.45) is 4.50. The van der Waals surface area contributed by atoms with E-state index in [1.165, 1.54) is 12.8 Å². The lowest BCUT2D eigenvalue weighted by atomic mass is 10.1. The summed E-state index contributed by atoms with van der Waals surface area (Å²) in [5.41, 5.74) is 3.73. The van der Waals surface area contributed by atoms with Crippen LogP contribution in [0.1, 0.15) is 54.1 Å². The van der Waals surface area contributed by atoms with Crippen molar-refractivity contribution in [2.24, 2.45) is 0 Å². The molecule has 1 amide bonds. The van der Waals surface area contributed by atoms with Gasteiger partial charge in [-0.25, -0.2) is 0 Å². The van der Waals surface area contributed by atoms with Crippen molar-refractivity contribution < 1.29 is 4.79 Å². The zero-order chi connectivity index (χ0) is 18.2. The minimum absolute atomic E-state index is 0.0193. The molecular formula is C23H26N2O. The largest absolute Gasteiger partial charge is 0.371 e. The van der Waals surface area contributed by atoms with E-state index in [0.29, 0.717) is 12.1 Å². The SMILES string of the molecule is CCCCNC(=O)c1ccc(N2CCCC2)c(C#Cc2ccccc2)c1. The van der Waals surface area contributed by atoms with E-state index in [4.69, 9.17) is 0 Å². The van der Waals surface area contributed by atoms with Gasteiger partial charge in [-0.05, 0) is 49.6 Å². The van der Waals surface area contributed by atoms with Gasteiger partial charge in [0.25, 0.3) is 5.91 Å². The lowest BCUT2D eigenvalue weighted by molar-refractivity contribution is 0.0953. The van der Waals surface area contributed by atoms with E-state index in [1.54, 1.807) is 0 Å². The van der Waals surface area contributed by atoms with Crippen LogP contribution in [0.2, 0.25) is 0 Å². The molecule has 2 aromatic carbocycles. The number of amides is 1. The molecule has 1 aliphatic rings. The van der Waals surface area contributed by atoms with Gasteiger partial charge in [0, 0.05) is 36.3 Å². The average Bonchev–Trinajstić information content (AvgIpc) is 3.21. The second kappa shape index (κ2) is 9.10. The lowest BCUT2D eigenvalue weighted by Gasteiger charge is -2.20. The molecular weight excluding hydrogens is 320 g/mol. The van der Waals surface area contributed by atoms with Crippen molar-refractivity contribution >= 4 is 11.6 Å². The Kier molecular flexibility index (Phi) is 6.33. The molecule has 0 aliphatic carbocycles. The fourth-order valence-electron chi connectivity index (χ4n) is 3.15. The van der Waals surface area contributed by atoms with Crippen molar-refractivity contribution in [3.8, 4) is 11.8 Å². The van der Waals surface area contributed by atoms with Gasteiger partial charge in [0.15, 0.2) is 0 Å². The number of hydrogen-bond donors (Lipinski definition) is 1. The van der Waals surface area contributed by atoms with Crippen molar-refractivity contribution in [1.29, 1.82) is 0 Å². The highest BCUT2D eigenvalue weighted by Crippen LogP contribution is 2.25. The van der Waals surface area contributed by atoms with E-state index in [0.717, 1.165) is 42.7 Å². The molecule has 1 fully saturated rings. The molecule has 26 heavy (non-hydrogen) atoms. The third kappa shape index (κ3) is 4.67. The second-order valence-electron chi connectivity index (χ2n) is 6.65. The van der Waals surface area contributed by atoms with Crippen LogP contribution < -0.4 is 10.2 Å². The molecule has 3 nitrogen and oxygen atoms in total. The predicted octanol–water partition coefficient (Wildman–Crippen LogP) is 4.22. The maximum absolute atomic E-state index is 12.4. The number of nitrogens with zero attached hydrogens (tertiary/aromatic N) is 1. The van der Waals surface area contributed by atoms with Gasteiger partial charge < -0.3 is 10.2 Å². The number of benzene rings is 2. The molecule has 1 N–H and O–H groups in total. The molecule has 1 heterocycles. The Morgan fingerprint density at radius 2 is 1.85 bits per heavy atom. The van der Waals surface area contributed by atoms with E-state index in [2.05, 4.69) is 35.0 Å². The number of carbonyl (C=O) groups excluding carboxylic acids is 1. The van der Waals surface area contributed by atoms with Gasteiger partial charge in [-0.2, -0.15) is 0 Å². The van der Waals surface area contributed by atoms with E-state index in [9.17, 15) is 4.79 Å². The third-order valence-electron chi connectivity index (χ3n) is 4.64. The summed E-state index contributed by atoms with van der Waals surface area (Å²) in [6, 6.07) is 15.9. The number of carbonyl (C=O) groups is 1. The van der Waals surface area contributed by atoms with Gasteiger partial charge in [0.1, 0.15) is 0 Å². The van der Waals surface area contributed by atoms with Crippen molar-refractivity contribution in [3.63, 3.8) is 0 Å². The molecule has 0 spiro atoms. The number of unbranched alkanes of at least 4 members (excludes halogenated alkanes) is 1. The van der Waals surface area contributed by atoms with Gasteiger partial charge >= 0.3 is 0 Å². The first-order valence-corrected chi connectivity index (χ1v) is 9.52. The highest BCUT2D eigenvalue weighted by atomic mass is 16.1. The van der Waals surface area contributed by atoms with Crippen LogP contribution in [0.3, 0.4) is 0 Å². The minimum Gasteiger partial charge on any atom is -0.371 e. The molecule has 0 aromatic heterocycles. The molecule has 0 radical (unpaired) electrons. The summed E-state index contributed by atoms with van der Waals surface area (Å²) in [7, 11) is 0. The van der Waals surface area contributed by atoms with Crippen LogP contribution in [0, 0.1) is 11.8 Å². The zero-order valence-electron chi connectivity index (χ0n) is 15.4. The Morgan fingerprint density at radius 1 is 1.08 bits per heavy atom. The highest BCUT2D eigenvalue weighted by molar-refractivity contribution is 5.95. The summed E-state index contributed by atoms with van der Waals surface area (Å²) in [5.74, 6) is 6.51. The molecule has 0 atom stereocenters. The van der Waals surface area contributed by atoms with Crippen LogP contribution in [0.4, 0.5) is 5.69 Å². The van der Waals surface area contributed by atoms with Crippen LogP contribution >= 0.6 is 0 Å². The minimum atomic E-state index is -0.0193. The van der Waals surface area contributed by atoms with E-state index < -0.39 is 0 Å². The first kappa shape index (κ1) is 18.1. The van der Waals surface area contributed by atoms with Crippen LogP contribution in [-0.4, -0.2) is 25.5 Å². The Labute approximate surface area is 156 Å². The van der Waals surface area contributed by atoms with Crippen molar-refractivity contribution in [3.05, 3.63) is 65.2 Å². The molecule has 0 saturated carbocycles. The van der Waals surface area contributed by atoms with Gasteiger partial charge in [0.2, 0.25) is 0 Å². The van der Waals surface area contributed by atoms with Gasteiger partial charge in [-0.15, -0.1) is 0 Å². The molecule has 3 rings (SSSR count). The molecule has 1 saturated heterocycles. The Bertz CT molecular complexity index is 796. The summed E-state index contributed by atoms with van der Waals surface area (Å²) >= 11 is 0. The van der Waals surface area contributed by atoms with Gasteiger partial charge in [0.05, 0.1) is 5.69 Å². The Hall–Kier alpha value is -2.73. The fraction of sp³-hybridized carbons (Fsp3) is 0.348. The summed E-state index contributed by atoms with van der Waals surface area (Å²) < 4.78 is 0. The standard InChI is InChI=1S/C23H26N2O/c1-2-3-15-24-23(26)21-13-14-22(25-16-7-8-17-25)20(18-21)12-11-19-9-5-4-6-10-19/h4-6,9-10,13-14,18H,2-3,7-8,15-17H2,1H3,(H,24,26). The quantitative estimate of drug-likeness (QED) is 0.649. The topological polar surface area (TPSA) is 32.3 Å². The highest BCUT2D eigenvalue weighted by Gasteiger charge is 2.16. The molecule has 1 aliphatic heterocycles. The molecule has 2 aromatic rings. The molecule has 3 heteroatoms. The summed E-state index contributed by atoms with van der Waals surface area (Å²) in [4.78, 5) is 14.8. The van der Waals surface area contributed by atoms with Crippen LogP contribution in [0.15, 0.2) is 48.5 Å². The van der Waals surface area contributed by atoms with Crippen molar-refractivity contribution in [1.82, 2.24) is 5.32 Å². The van der Waals surface area contributed by atoms with Crippen LogP contribution in [0.5, 0.6) is 0 Å². The van der Waals surface area contributed by atoms with Crippen LogP contribution in [0.25, 0.3) is 0 Å². The number of nitrogens with one attached hydrogen (secondary N) is 1. The number of rotatable bonds is 5. The van der Waals surface area contributed by atoms with E-state index in [1.807, 2.05) is 42.5 Å². The third-order valence-corrected chi connectivity index (χ3v) is 4.64. The lowest BCUT2D eigenvalue weighted by Crippen LogP contribution is -2.25. The smallest absolute Gasteiger partial charge is 0.251 e. The first-order valence-electron chi connectivity index (χ1n) is 9.52. The molecule has 0 unspecified atom stereocenters. The van der Waals surface area contributed by atoms with Gasteiger partial charge in [-0.3, -0.25) is 4.79 Å². The van der Waals surface area contributed by atoms with Crippen molar-refractivity contribution in [2.75, 3.05) is 24.5 Å². The molecule has 0 bridgehead atoms. The maximum atomic E-state index is 12.4. The van der Waals surface area contributed by atoms with Crippen molar-refractivity contribution in [2.45, 2.75) is 32.6 Å². The van der Waals surface area contributed by atoms with E-state index in [-0.39, 0.29) is 5.91 Å².